The Morgan fingerprint density at radius 2 is 2.36 bits per heavy atom. The molecule has 0 aromatic carbocycles. The van der Waals surface area contributed by atoms with Gasteiger partial charge in [-0.3, -0.25) is 4.98 Å². The van der Waals surface area contributed by atoms with Gasteiger partial charge in [0.05, 0.1) is 19.3 Å². The lowest BCUT2D eigenvalue weighted by Gasteiger charge is -2.05. The average molecular weight is 190 g/mol. The molecule has 3 heteroatoms. The van der Waals surface area contributed by atoms with Crippen molar-refractivity contribution in [3.05, 3.63) is 23.5 Å². The number of nitrogens with zero attached hydrogens (tertiary/aromatic N) is 1. The van der Waals surface area contributed by atoms with Gasteiger partial charge in [0.2, 0.25) is 0 Å². The Hall–Kier alpha value is -1.53. The first-order chi connectivity index (χ1) is 6.76. The van der Waals surface area contributed by atoms with Gasteiger partial charge in [0.15, 0.2) is 0 Å². The topological polar surface area (TPSA) is 34.1 Å². The van der Waals surface area contributed by atoms with Crippen molar-refractivity contribution in [2.75, 3.05) is 13.7 Å². The van der Waals surface area contributed by atoms with E-state index in [1.807, 2.05) is 19.1 Å². The van der Waals surface area contributed by atoms with Gasteiger partial charge in [0, 0.05) is 24.4 Å². The molecule has 0 spiro atoms. The summed E-state index contributed by atoms with van der Waals surface area (Å²) in [4.78, 5) is 4.34. The zero-order valence-electron chi connectivity index (χ0n) is 8.50. The van der Waals surface area contributed by atoms with Crippen molar-refractivity contribution >= 4 is 0 Å². The molecule has 0 saturated heterocycles. The standard InChI is InChI=1S/C11H14N2O/c1-4-5-12-8-10-7-11(14-3)6-9(2)13-10/h1,6-7,12H,5,8H2,2-3H3. The number of nitrogens with one attached hydrogen (secondary N) is 1. The van der Waals surface area contributed by atoms with E-state index in [2.05, 4.69) is 16.2 Å². The molecule has 1 rings (SSSR count). The maximum Gasteiger partial charge on any atom is 0.122 e. The van der Waals surface area contributed by atoms with Crippen LogP contribution < -0.4 is 10.1 Å². The molecule has 0 aliphatic rings. The van der Waals surface area contributed by atoms with Crippen molar-refractivity contribution in [1.82, 2.24) is 10.3 Å². The van der Waals surface area contributed by atoms with Gasteiger partial charge in [-0.2, -0.15) is 0 Å². The van der Waals surface area contributed by atoms with Gasteiger partial charge in [-0.1, -0.05) is 5.92 Å². The molecule has 3 nitrogen and oxygen atoms in total. The summed E-state index contributed by atoms with van der Waals surface area (Å²) in [6.07, 6.45) is 5.12. The molecular weight excluding hydrogens is 176 g/mol. The normalized spacial score (nSPS) is 9.50. The summed E-state index contributed by atoms with van der Waals surface area (Å²) >= 11 is 0. The smallest absolute Gasteiger partial charge is 0.122 e. The van der Waals surface area contributed by atoms with E-state index in [0.29, 0.717) is 13.1 Å². The van der Waals surface area contributed by atoms with Crippen LogP contribution in [0.2, 0.25) is 0 Å². The SMILES string of the molecule is C#CCNCc1cc(OC)cc(C)n1. The number of terminal acetylenes is 1. The van der Waals surface area contributed by atoms with Crippen molar-refractivity contribution < 1.29 is 4.74 Å². The van der Waals surface area contributed by atoms with Gasteiger partial charge >= 0.3 is 0 Å². The van der Waals surface area contributed by atoms with E-state index in [-0.39, 0.29) is 0 Å². The minimum atomic E-state index is 0.554. The van der Waals surface area contributed by atoms with E-state index in [1.165, 1.54) is 0 Å². The molecule has 0 amide bonds. The third-order valence-corrected chi connectivity index (χ3v) is 1.75. The zero-order valence-corrected chi connectivity index (χ0v) is 8.50. The van der Waals surface area contributed by atoms with E-state index in [4.69, 9.17) is 11.2 Å². The van der Waals surface area contributed by atoms with E-state index < -0.39 is 0 Å². The lowest BCUT2D eigenvalue weighted by atomic mass is 10.3. The van der Waals surface area contributed by atoms with Crippen LogP contribution in [0.25, 0.3) is 0 Å². The fourth-order valence-corrected chi connectivity index (χ4v) is 1.17. The van der Waals surface area contributed by atoms with Gasteiger partial charge in [-0.05, 0) is 6.92 Å². The molecular formula is C11H14N2O. The van der Waals surface area contributed by atoms with Gasteiger partial charge in [-0.25, -0.2) is 0 Å². The third kappa shape index (κ3) is 3.08. The van der Waals surface area contributed by atoms with Crippen molar-refractivity contribution in [1.29, 1.82) is 0 Å². The lowest BCUT2D eigenvalue weighted by Crippen LogP contribution is -2.14. The maximum absolute atomic E-state index is 5.13. The lowest BCUT2D eigenvalue weighted by molar-refractivity contribution is 0.413. The fourth-order valence-electron chi connectivity index (χ4n) is 1.17. The van der Waals surface area contributed by atoms with Crippen molar-refractivity contribution in [3.8, 4) is 18.1 Å². The summed E-state index contributed by atoms with van der Waals surface area (Å²) < 4.78 is 5.13. The Morgan fingerprint density at radius 1 is 1.57 bits per heavy atom. The number of ether oxygens (including phenoxy) is 1. The molecule has 0 saturated carbocycles. The van der Waals surface area contributed by atoms with E-state index in [1.54, 1.807) is 7.11 Å². The van der Waals surface area contributed by atoms with Gasteiger partial charge < -0.3 is 10.1 Å². The van der Waals surface area contributed by atoms with Gasteiger partial charge in [-0.15, -0.1) is 6.42 Å². The van der Waals surface area contributed by atoms with Crippen LogP contribution >= 0.6 is 0 Å². The molecule has 74 valence electrons. The van der Waals surface area contributed by atoms with Crippen molar-refractivity contribution in [2.24, 2.45) is 0 Å². The fraction of sp³-hybridized carbons (Fsp3) is 0.364. The Bertz CT molecular complexity index is 342. The number of hydrogen-bond acceptors (Lipinski definition) is 3. The quantitative estimate of drug-likeness (QED) is 0.570. The Kier molecular flexibility index (Phi) is 3.96. The van der Waals surface area contributed by atoms with Crippen LogP contribution in [0.4, 0.5) is 0 Å². The van der Waals surface area contributed by atoms with Crippen LogP contribution in [-0.2, 0) is 6.54 Å². The third-order valence-electron chi connectivity index (χ3n) is 1.75. The molecule has 0 fully saturated rings. The molecule has 1 aromatic rings. The van der Waals surface area contributed by atoms with Crippen LogP contribution in [-0.4, -0.2) is 18.6 Å². The van der Waals surface area contributed by atoms with E-state index in [9.17, 15) is 0 Å². The molecule has 0 unspecified atom stereocenters. The summed E-state index contributed by atoms with van der Waals surface area (Å²) in [6, 6.07) is 3.79. The number of pyridine rings is 1. The first-order valence-electron chi connectivity index (χ1n) is 4.42. The molecule has 1 aromatic heterocycles. The molecule has 0 radical (unpaired) electrons. The molecule has 0 bridgehead atoms. The highest BCUT2D eigenvalue weighted by Gasteiger charge is 1.99. The van der Waals surface area contributed by atoms with Gasteiger partial charge in [0.1, 0.15) is 5.75 Å². The highest BCUT2D eigenvalue weighted by Crippen LogP contribution is 2.12. The maximum atomic E-state index is 5.13. The van der Waals surface area contributed by atoms with Crippen LogP contribution in [0, 0.1) is 19.3 Å². The largest absolute Gasteiger partial charge is 0.497 e. The second-order valence-corrected chi connectivity index (χ2v) is 2.95. The summed E-state index contributed by atoms with van der Waals surface area (Å²) in [5, 5.41) is 3.08. The van der Waals surface area contributed by atoms with Crippen molar-refractivity contribution in [3.63, 3.8) is 0 Å². The van der Waals surface area contributed by atoms with Crippen molar-refractivity contribution in [2.45, 2.75) is 13.5 Å². The minimum absolute atomic E-state index is 0.554. The van der Waals surface area contributed by atoms with Gasteiger partial charge in [0.25, 0.3) is 0 Å². The Balaban J connectivity index is 2.67. The number of methoxy groups -OCH3 is 1. The van der Waals surface area contributed by atoms with Crippen LogP contribution in [0.15, 0.2) is 12.1 Å². The highest BCUT2D eigenvalue weighted by molar-refractivity contribution is 5.26. The minimum Gasteiger partial charge on any atom is -0.497 e. The highest BCUT2D eigenvalue weighted by atomic mass is 16.5. The Labute approximate surface area is 84.5 Å². The monoisotopic (exact) mass is 190 g/mol. The molecule has 1 heterocycles. The van der Waals surface area contributed by atoms with Crippen LogP contribution in [0.1, 0.15) is 11.4 Å². The average Bonchev–Trinajstić information content (AvgIpc) is 2.17. The molecule has 0 aliphatic carbocycles. The molecule has 1 N–H and O–H groups in total. The Morgan fingerprint density at radius 3 is 3.00 bits per heavy atom. The number of aryl methyl sites for hydroxylation is 1. The first kappa shape index (κ1) is 10.6. The van der Waals surface area contributed by atoms with E-state index >= 15 is 0 Å². The van der Waals surface area contributed by atoms with Crippen LogP contribution in [0.5, 0.6) is 5.75 Å². The molecule has 0 atom stereocenters. The number of rotatable bonds is 4. The second-order valence-electron chi connectivity index (χ2n) is 2.95. The number of hydrogen-bond donors (Lipinski definition) is 1. The predicted octanol–water partition coefficient (Wildman–Crippen LogP) is 1.12. The van der Waals surface area contributed by atoms with E-state index in [0.717, 1.165) is 17.1 Å². The summed E-state index contributed by atoms with van der Waals surface area (Å²) in [5.41, 5.74) is 1.89. The second kappa shape index (κ2) is 5.25. The van der Waals surface area contributed by atoms with Crippen LogP contribution in [0.3, 0.4) is 0 Å². The zero-order chi connectivity index (χ0) is 10.4. The first-order valence-corrected chi connectivity index (χ1v) is 4.42. The molecule has 0 aliphatic heterocycles. The summed E-state index contributed by atoms with van der Waals surface area (Å²) in [6.45, 7) is 3.16. The number of aromatic nitrogens is 1. The summed E-state index contributed by atoms with van der Waals surface area (Å²) in [5.74, 6) is 3.34. The predicted molar refractivity (Wildman–Crippen MR) is 56.1 cm³/mol. The summed E-state index contributed by atoms with van der Waals surface area (Å²) in [7, 11) is 1.65. The molecule has 14 heavy (non-hydrogen) atoms.